The van der Waals surface area contributed by atoms with E-state index in [0.717, 1.165) is 33.7 Å². The Labute approximate surface area is 240 Å². The fraction of sp³-hybridized carbons (Fsp3) is 0.333. The highest BCUT2D eigenvalue weighted by Crippen LogP contribution is 2.24. The van der Waals surface area contributed by atoms with Crippen LogP contribution in [0.25, 0.3) is 0 Å². The number of hydrogen-bond donors (Lipinski definition) is 1. The van der Waals surface area contributed by atoms with Gasteiger partial charge in [-0.3, -0.25) is 13.9 Å². The van der Waals surface area contributed by atoms with Gasteiger partial charge in [-0.2, -0.15) is 0 Å². The number of nitrogens with zero attached hydrogens (tertiary/aromatic N) is 2. The smallest absolute Gasteiger partial charge is 0.244 e. The molecule has 0 bridgehead atoms. The third-order valence-corrected chi connectivity index (χ3v) is 8.28. The van der Waals surface area contributed by atoms with Crippen LogP contribution in [0.2, 0.25) is 0 Å². The van der Waals surface area contributed by atoms with E-state index in [4.69, 9.17) is 0 Å². The monoisotopic (exact) mass is 613 g/mol. The van der Waals surface area contributed by atoms with Crippen LogP contribution in [-0.4, -0.2) is 50.0 Å². The van der Waals surface area contributed by atoms with Gasteiger partial charge in [0, 0.05) is 23.5 Å². The van der Waals surface area contributed by atoms with Crippen LogP contribution in [-0.2, 0) is 32.6 Å². The molecule has 0 aromatic heterocycles. The number of halogens is 1. The summed E-state index contributed by atoms with van der Waals surface area (Å²) < 4.78 is 27.5. The van der Waals surface area contributed by atoms with Crippen molar-refractivity contribution in [3.8, 4) is 0 Å². The van der Waals surface area contributed by atoms with Gasteiger partial charge in [0.25, 0.3) is 0 Å². The third-order valence-electron chi connectivity index (χ3n) is 6.65. The molecule has 0 spiro atoms. The second kappa shape index (κ2) is 13.8. The van der Waals surface area contributed by atoms with E-state index in [0.29, 0.717) is 10.2 Å². The SMILES string of the molecule is CC[C@H](C)NC(=O)[C@H](Cc1ccccc1)N(Cc1ccccc1C)C(=O)CN(c1cccc(Br)c1)S(C)(=O)=O. The zero-order valence-electron chi connectivity index (χ0n) is 22.8. The van der Waals surface area contributed by atoms with Gasteiger partial charge in [-0.05, 0) is 55.2 Å². The Kier molecular flexibility index (Phi) is 10.7. The van der Waals surface area contributed by atoms with Crippen LogP contribution in [0.15, 0.2) is 83.3 Å². The van der Waals surface area contributed by atoms with E-state index in [2.05, 4.69) is 21.2 Å². The number of nitrogens with one attached hydrogen (secondary N) is 1. The van der Waals surface area contributed by atoms with E-state index < -0.39 is 28.5 Å². The summed E-state index contributed by atoms with van der Waals surface area (Å²) in [6.45, 7) is 5.57. The summed E-state index contributed by atoms with van der Waals surface area (Å²) in [6.07, 6.45) is 2.10. The molecule has 7 nitrogen and oxygen atoms in total. The zero-order valence-corrected chi connectivity index (χ0v) is 25.2. The lowest BCUT2D eigenvalue weighted by molar-refractivity contribution is -0.140. The summed E-state index contributed by atoms with van der Waals surface area (Å²) in [5.74, 6) is -0.743. The Morgan fingerprint density at radius 3 is 2.26 bits per heavy atom. The first kappa shape index (κ1) is 30.4. The van der Waals surface area contributed by atoms with Crippen molar-refractivity contribution in [2.75, 3.05) is 17.1 Å². The summed E-state index contributed by atoms with van der Waals surface area (Å²) in [6, 6.07) is 23.1. The van der Waals surface area contributed by atoms with Crippen LogP contribution < -0.4 is 9.62 Å². The quantitative estimate of drug-likeness (QED) is 0.309. The molecule has 0 aliphatic rings. The molecule has 208 valence electrons. The Morgan fingerprint density at radius 2 is 1.64 bits per heavy atom. The van der Waals surface area contributed by atoms with Crippen molar-refractivity contribution in [2.24, 2.45) is 0 Å². The predicted octanol–water partition coefficient (Wildman–Crippen LogP) is 5.08. The lowest BCUT2D eigenvalue weighted by Gasteiger charge is -2.34. The maximum absolute atomic E-state index is 14.1. The molecule has 0 heterocycles. The van der Waals surface area contributed by atoms with Crippen molar-refractivity contribution >= 4 is 43.5 Å². The summed E-state index contributed by atoms with van der Waals surface area (Å²) in [7, 11) is -3.81. The van der Waals surface area contributed by atoms with Crippen molar-refractivity contribution in [2.45, 2.75) is 52.2 Å². The highest BCUT2D eigenvalue weighted by molar-refractivity contribution is 9.10. The van der Waals surface area contributed by atoms with E-state index in [9.17, 15) is 18.0 Å². The van der Waals surface area contributed by atoms with Gasteiger partial charge >= 0.3 is 0 Å². The molecule has 1 N–H and O–H groups in total. The summed E-state index contributed by atoms with van der Waals surface area (Å²) in [5, 5.41) is 3.04. The molecule has 0 radical (unpaired) electrons. The van der Waals surface area contributed by atoms with E-state index in [-0.39, 0.29) is 24.9 Å². The van der Waals surface area contributed by atoms with Gasteiger partial charge < -0.3 is 10.2 Å². The van der Waals surface area contributed by atoms with Crippen LogP contribution in [0, 0.1) is 6.92 Å². The van der Waals surface area contributed by atoms with Gasteiger partial charge in [0.15, 0.2) is 0 Å². The first-order valence-corrected chi connectivity index (χ1v) is 15.5. The minimum absolute atomic E-state index is 0.0830. The molecule has 0 saturated heterocycles. The maximum atomic E-state index is 14.1. The number of benzene rings is 3. The topological polar surface area (TPSA) is 86.8 Å². The Balaban J connectivity index is 2.07. The van der Waals surface area contributed by atoms with E-state index in [1.54, 1.807) is 24.3 Å². The normalized spacial score (nSPS) is 12.8. The highest BCUT2D eigenvalue weighted by atomic mass is 79.9. The molecule has 2 amide bonds. The van der Waals surface area contributed by atoms with Crippen molar-refractivity contribution in [1.82, 2.24) is 10.2 Å². The van der Waals surface area contributed by atoms with Crippen LogP contribution in [0.3, 0.4) is 0 Å². The molecule has 0 aliphatic heterocycles. The fourth-order valence-electron chi connectivity index (χ4n) is 4.21. The maximum Gasteiger partial charge on any atom is 0.244 e. The largest absolute Gasteiger partial charge is 0.352 e. The lowest BCUT2D eigenvalue weighted by atomic mass is 10.0. The Hall–Kier alpha value is -3.17. The van der Waals surface area contributed by atoms with Gasteiger partial charge in [0.1, 0.15) is 12.6 Å². The third kappa shape index (κ3) is 8.66. The minimum atomic E-state index is -3.81. The molecule has 0 saturated carbocycles. The number of carbonyl (C=O) groups is 2. The molecule has 39 heavy (non-hydrogen) atoms. The van der Waals surface area contributed by atoms with Crippen LogP contribution in [0.4, 0.5) is 5.69 Å². The fourth-order valence-corrected chi connectivity index (χ4v) is 5.44. The van der Waals surface area contributed by atoms with Gasteiger partial charge in [0.2, 0.25) is 21.8 Å². The van der Waals surface area contributed by atoms with E-state index >= 15 is 0 Å². The number of carbonyl (C=O) groups excluding carboxylic acids is 2. The molecule has 3 aromatic rings. The summed E-state index contributed by atoms with van der Waals surface area (Å²) >= 11 is 3.38. The highest BCUT2D eigenvalue weighted by Gasteiger charge is 2.33. The molecular formula is C30H36BrN3O4S. The van der Waals surface area contributed by atoms with Crippen LogP contribution >= 0.6 is 15.9 Å². The molecule has 3 aromatic carbocycles. The average molecular weight is 615 g/mol. The molecular weight excluding hydrogens is 578 g/mol. The van der Waals surface area contributed by atoms with Crippen LogP contribution in [0.1, 0.15) is 37.0 Å². The average Bonchev–Trinajstić information content (AvgIpc) is 2.89. The van der Waals surface area contributed by atoms with Gasteiger partial charge in [-0.1, -0.05) is 83.5 Å². The Bertz CT molecular complexity index is 1380. The summed E-state index contributed by atoms with van der Waals surface area (Å²) in [4.78, 5) is 29.3. The lowest BCUT2D eigenvalue weighted by Crippen LogP contribution is -2.54. The zero-order chi connectivity index (χ0) is 28.6. The van der Waals surface area contributed by atoms with Gasteiger partial charge in [-0.15, -0.1) is 0 Å². The molecule has 9 heteroatoms. The Morgan fingerprint density at radius 1 is 0.974 bits per heavy atom. The first-order chi connectivity index (χ1) is 18.5. The number of sulfonamides is 1. The van der Waals surface area contributed by atoms with E-state index in [1.165, 1.54) is 4.90 Å². The van der Waals surface area contributed by atoms with Crippen molar-refractivity contribution in [3.63, 3.8) is 0 Å². The van der Waals surface area contributed by atoms with E-state index in [1.807, 2.05) is 75.4 Å². The van der Waals surface area contributed by atoms with Gasteiger partial charge in [-0.25, -0.2) is 8.42 Å². The minimum Gasteiger partial charge on any atom is -0.352 e. The molecule has 2 atom stereocenters. The van der Waals surface area contributed by atoms with Crippen LogP contribution in [0.5, 0.6) is 0 Å². The second-order valence-corrected chi connectivity index (χ2v) is 12.5. The van der Waals surface area contributed by atoms with Crippen molar-refractivity contribution in [3.05, 3.63) is 100 Å². The molecule has 0 aliphatic carbocycles. The van der Waals surface area contributed by atoms with Crippen molar-refractivity contribution in [1.29, 1.82) is 0 Å². The molecule has 0 unspecified atom stereocenters. The number of amides is 2. The molecule has 0 fully saturated rings. The summed E-state index contributed by atoms with van der Waals surface area (Å²) in [5.41, 5.74) is 3.12. The number of aryl methyl sites for hydroxylation is 1. The standard InChI is InChI=1S/C30H36BrN3O4S/c1-5-23(3)32-30(36)28(18-24-13-7-6-8-14-24)33(20-25-15-10-9-12-22(25)2)29(35)21-34(39(4,37)38)27-17-11-16-26(31)19-27/h6-17,19,23,28H,5,18,20-21H2,1-4H3,(H,32,36)/t23-,28-/m0/s1. The molecule has 3 rings (SSSR count). The predicted molar refractivity (Wildman–Crippen MR) is 160 cm³/mol. The second-order valence-electron chi connectivity index (χ2n) is 9.72. The first-order valence-electron chi connectivity index (χ1n) is 12.9. The number of anilines is 1. The number of hydrogen-bond acceptors (Lipinski definition) is 4. The van der Waals surface area contributed by atoms with Crippen molar-refractivity contribution < 1.29 is 18.0 Å². The van der Waals surface area contributed by atoms with Gasteiger partial charge in [0.05, 0.1) is 11.9 Å². The number of rotatable bonds is 12.